The van der Waals surface area contributed by atoms with Crippen molar-refractivity contribution in [2.45, 2.75) is 12.3 Å². The predicted molar refractivity (Wildman–Crippen MR) is 246 cm³/mol. The number of furan rings is 1. The Balaban J connectivity index is 1.00. The predicted octanol–water partition coefficient (Wildman–Crippen LogP) is 15.5. The van der Waals surface area contributed by atoms with Crippen LogP contribution in [0.5, 0.6) is 0 Å². The Hall–Kier alpha value is -7.14. The molecule has 0 N–H and O–H groups in total. The number of aromatic nitrogens is 1. The number of hydrogen-bond donors (Lipinski definition) is 0. The molecule has 3 heterocycles. The molecule has 58 heavy (non-hydrogen) atoms. The Bertz CT molecular complexity index is 3340. The van der Waals surface area contributed by atoms with Crippen LogP contribution in [0.15, 0.2) is 210 Å². The molecule has 12 rings (SSSR count). The standard InChI is InChI=1S/C54H36N2OS/c1-2-17-39(18-3-1)55-47-25-7-4-20-41(47)42-31-30-38(34-50(42)55)36-15-10-14-35(32-36)37-16-11-19-40(33-37)56(48-26-12-23-45-43-21-5-8-28-51(43)57-53(45)48)49-27-13-24-46-44-22-6-9-29-52(44)58-54(46)49/h1-15,17-34,37H,16H2. The van der Waals surface area contributed by atoms with Gasteiger partial charge in [0.2, 0.25) is 0 Å². The van der Waals surface area contributed by atoms with Crippen molar-refractivity contribution in [1.82, 2.24) is 4.57 Å². The Labute approximate surface area is 339 Å². The van der Waals surface area contributed by atoms with Crippen LogP contribution in [0.25, 0.3) is 80.7 Å². The van der Waals surface area contributed by atoms with Gasteiger partial charge in [0.25, 0.3) is 0 Å². The van der Waals surface area contributed by atoms with Crippen molar-refractivity contribution in [3.63, 3.8) is 0 Å². The second kappa shape index (κ2) is 13.2. The molecule has 0 radical (unpaired) electrons. The molecule has 1 unspecified atom stereocenters. The number of allylic oxidation sites excluding steroid dienone is 3. The number of para-hydroxylation sites is 4. The number of hydrogen-bond acceptors (Lipinski definition) is 3. The largest absolute Gasteiger partial charge is 0.454 e. The third-order valence-corrected chi connectivity index (χ3v) is 13.1. The summed E-state index contributed by atoms with van der Waals surface area (Å²) < 4.78 is 11.7. The highest BCUT2D eigenvalue weighted by Gasteiger charge is 2.25. The molecule has 1 atom stereocenters. The van der Waals surface area contributed by atoms with Gasteiger partial charge in [-0.05, 0) is 77.7 Å². The van der Waals surface area contributed by atoms with Gasteiger partial charge in [0, 0.05) is 54.3 Å². The molecule has 0 bridgehead atoms. The molecule has 1 aliphatic carbocycles. The van der Waals surface area contributed by atoms with Crippen LogP contribution in [-0.4, -0.2) is 4.57 Å². The minimum absolute atomic E-state index is 0.179. The van der Waals surface area contributed by atoms with E-state index in [0.717, 1.165) is 45.4 Å². The summed E-state index contributed by atoms with van der Waals surface area (Å²) in [7, 11) is 0. The van der Waals surface area contributed by atoms with E-state index in [1.54, 1.807) is 0 Å². The quantitative estimate of drug-likeness (QED) is 0.168. The van der Waals surface area contributed by atoms with E-state index in [4.69, 9.17) is 4.42 Å². The van der Waals surface area contributed by atoms with E-state index in [9.17, 15) is 0 Å². The van der Waals surface area contributed by atoms with Gasteiger partial charge in [0.15, 0.2) is 5.58 Å². The van der Waals surface area contributed by atoms with Gasteiger partial charge < -0.3 is 13.9 Å². The van der Waals surface area contributed by atoms with Gasteiger partial charge in [-0.2, -0.15) is 0 Å². The monoisotopic (exact) mass is 760 g/mol. The van der Waals surface area contributed by atoms with Gasteiger partial charge in [0.1, 0.15) is 5.58 Å². The normalized spacial score (nSPS) is 14.3. The third kappa shape index (κ3) is 5.19. The Morgan fingerprint density at radius 1 is 0.534 bits per heavy atom. The summed E-state index contributed by atoms with van der Waals surface area (Å²) in [6.07, 6.45) is 8.02. The van der Waals surface area contributed by atoms with Gasteiger partial charge in [-0.1, -0.05) is 146 Å². The Morgan fingerprint density at radius 2 is 1.24 bits per heavy atom. The first-order valence-electron chi connectivity index (χ1n) is 19.9. The van der Waals surface area contributed by atoms with Crippen molar-refractivity contribution in [3.05, 3.63) is 211 Å². The molecule has 0 aliphatic heterocycles. The summed E-state index contributed by atoms with van der Waals surface area (Å²) in [6, 6.07) is 65.9. The number of fused-ring (bicyclic) bond motifs is 9. The van der Waals surface area contributed by atoms with Crippen molar-refractivity contribution in [1.29, 1.82) is 0 Å². The third-order valence-electron chi connectivity index (χ3n) is 11.9. The van der Waals surface area contributed by atoms with E-state index in [1.165, 1.54) is 64.4 Å². The van der Waals surface area contributed by atoms with Gasteiger partial charge in [-0.15, -0.1) is 11.3 Å². The molecule has 0 spiro atoms. The first-order chi connectivity index (χ1) is 28.8. The van der Waals surface area contributed by atoms with E-state index < -0.39 is 0 Å². The zero-order valence-corrected chi connectivity index (χ0v) is 32.4. The van der Waals surface area contributed by atoms with Gasteiger partial charge in [-0.25, -0.2) is 0 Å². The van der Waals surface area contributed by atoms with Crippen LogP contribution >= 0.6 is 11.3 Å². The molecule has 3 nitrogen and oxygen atoms in total. The average molecular weight is 761 g/mol. The molecule has 0 amide bonds. The molecule has 8 aromatic carbocycles. The summed E-state index contributed by atoms with van der Waals surface area (Å²) in [5.74, 6) is 0.179. The van der Waals surface area contributed by atoms with Crippen LogP contribution in [0, 0.1) is 0 Å². The first kappa shape index (κ1) is 33.0. The second-order valence-corrected chi connectivity index (χ2v) is 16.3. The fraction of sp³-hybridized carbons (Fsp3) is 0.0370. The lowest BCUT2D eigenvalue weighted by molar-refractivity contribution is 0.668. The van der Waals surface area contributed by atoms with Crippen molar-refractivity contribution >= 4 is 86.6 Å². The van der Waals surface area contributed by atoms with Crippen LogP contribution in [-0.2, 0) is 0 Å². The smallest absolute Gasteiger partial charge is 0.159 e. The highest BCUT2D eigenvalue weighted by molar-refractivity contribution is 7.26. The van der Waals surface area contributed by atoms with E-state index in [2.05, 4.69) is 204 Å². The Kier molecular flexibility index (Phi) is 7.54. The van der Waals surface area contributed by atoms with Gasteiger partial charge in [-0.3, -0.25) is 0 Å². The fourth-order valence-electron chi connectivity index (χ4n) is 9.23. The fourth-order valence-corrected chi connectivity index (χ4v) is 10.4. The van der Waals surface area contributed by atoms with E-state index in [1.807, 2.05) is 17.4 Å². The van der Waals surface area contributed by atoms with E-state index in [-0.39, 0.29) is 5.92 Å². The molecule has 0 saturated carbocycles. The van der Waals surface area contributed by atoms with Crippen LogP contribution < -0.4 is 4.90 Å². The maximum Gasteiger partial charge on any atom is 0.159 e. The lowest BCUT2D eigenvalue weighted by Crippen LogP contribution is -2.18. The maximum absolute atomic E-state index is 6.72. The molecule has 4 heteroatoms. The van der Waals surface area contributed by atoms with Crippen LogP contribution in [0.3, 0.4) is 0 Å². The maximum atomic E-state index is 6.72. The first-order valence-corrected chi connectivity index (χ1v) is 20.8. The summed E-state index contributed by atoms with van der Waals surface area (Å²) in [4.78, 5) is 2.44. The summed E-state index contributed by atoms with van der Waals surface area (Å²) in [6.45, 7) is 0. The molecule has 0 saturated heterocycles. The molecule has 0 fully saturated rings. The zero-order valence-electron chi connectivity index (χ0n) is 31.5. The van der Waals surface area contributed by atoms with Crippen molar-refractivity contribution < 1.29 is 4.42 Å². The number of thiophene rings is 1. The van der Waals surface area contributed by atoms with Gasteiger partial charge in [0.05, 0.1) is 27.1 Å². The van der Waals surface area contributed by atoms with Crippen molar-refractivity contribution in [2.75, 3.05) is 4.90 Å². The lowest BCUT2D eigenvalue weighted by atomic mass is 9.89. The second-order valence-electron chi connectivity index (χ2n) is 15.2. The lowest BCUT2D eigenvalue weighted by Gasteiger charge is -2.30. The molecule has 3 aromatic heterocycles. The molecule has 1 aliphatic rings. The molecule has 274 valence electrons. The van der Waals surface area contributed by atoms with Crippen LogP contribution in [0.2, 0.25) is 0 Å². The van der Waals surface area contributed by atoms with E-state index >= 15 is 0 Å². The minimum atomic E-state index is 0.179. The van der Waals surface area contributed by atoms with Gasteiger partial charge >= 0.3 is 0 Å². The SMILES string of the molecule is C1=CC(N(c2cccc3c2oc2ccccc23)c2cccc3c2sc2ccccc23)=CC(c2cccc(-c3ccc4c5ccccc5n(-c5ccccc5)c4c3)c2)C1. The van der Waals surface area contributed by atoms with Crippen molar-refractivity contribution in [3.8, 4) is 16.8 Å². The number of rotatable bonds is 6. The summed E-state index contributed by atoms with van der Waals surface area (Å²) in [5.41, 5.74) is 12.4. The minimum Gasteiger partial charge on any atom is -0.454 e. The number of nitrogens with zero attached hydrogens (tertiary/aromatic N) is 2. The van der Waals surface area contributed by atoms with Crippen molar-refractivity contribution in [2.24, 2.45) is 0 Å². The highest BCUT2D eigenvalue weighted by atomic mass is 32.1. The zero-order chi connectivity index (χ0) is 38.2. The average Bonchev–Trinajstić information content (AvgIpc) is 3.97. The molecular weight excluding hydrogens is 725 g/mol. The molecule has 11 aromatic rings. The number of anilines is 2. The summed E-state index contributed by atoms with van der Waals surface area (Å²) in [5, 5.41) is 7.34. The highest BCUT2D eigenvalue weighted by Crippen LogP contribution is 2.47. The van der Waals surface area contributed by atoms with E-state index in [0.29, 0.717) is 0 Å². The van der Waals surface area contributed by atoms with Crippen LogP contribution in [0.4, 0.5) is 11.4 Å². The topological polar surface area (TPSA) is 21.3 Å². The Morgan fingerprint density at radius 3 is 2.16 bits per heavy atom. The molecular formula is C54H36N2OS. The van der Waals surface area contributed by atoms with Crippen LogP contribution in [0.1, 0.15) is 17.9 Å². The summed E-state index contributed by atoms with van der Waals surface area (Å²) >= 11 is 1.86. The number of benzene rings is 8.